The monoisotopic (exact) mass is 303 g/mol. The Morgan fingerprint density at radius 3 is 2.47 bits per heavy atom. The molecular formula is C13H15Cl2NO3. The Kier molecular flexibility index (Phi) is 5.63. The molecule has 1 aromatic carbocycles. The standard InChI is InChI=1S/C13H15Cl2NO3/c1-7(2)12(13(18)19)16-10(17)6-8-4-3-5-9(14)11(8)15/h3-5,7,12H,6H2,1-2H3,(H,16,17)(H,18,19)/t12-/m0/s1. The highest BCUT2D eigenvalue weighted by Gasteiger charge is 2.23. The van der Waals surface area contributed by atoms with Gasteiger partial charge in [-0.05, 0) is 17.5 Å². The average Bonchev–Trinajstić information content (AvgIpc) is 2.31. The number of carbonyl (C=O) groups excluding carboxylic acids is 1. The quantitative estimate of drug-likeness (QED) is 0.879. The van der Waals surface area contributed by atoms with Crippen molar-refractivity contribution in [1.82, 2.24) is 5.32 Å². The Hall–Kier alpha value is -1.26. The average molecular weight is 304 g/mol. The summed E-state index contributed by atoms with van der Waals surface area (Å²) < 4.78 is 0. The maximum absolute atomic E-state index is 11.8. The number of nitrogens with one attached hydrogen (secondary N) is 1. The van der Waals surface area contributed by atoms with Gasteiger partial charge in [-0.1, -0.05) is 49.2 Å². The highest BCUT2D eigenvalue weighted by atomic mass is 35.5. The fourth-order valence-electron chi connectivity index (χ4n) is 1.60. The Labute approximate surface area is 121 Å². The van der Waals surface area contributed by atoms with Crippen LogP contribution in [0.15, 0.2) is 18.2 Å². The van der Waals surface area contributed by atoms with Gasteiger partial charge in [0.2, 0.25) is 5.91 Å². The summed E-state index contributed by atoms with van der Waals surface area (Å²) in [4.78, 5) is 22.8. The number of rotatable bonds is 5. The smallest absolute Gasteiger partial charge is 0.326 e. The molecule has 19 heavy (non-hydrogen) atoms. The van der Waals surface area contributed by atoms with Crippen LogP contribution < -0.4 is 5.32 Å². The second kappa shape index (κ2) is 6.78. The number of hydrogen-bond acceptors (Lipinski definition) is 2. The van der Waals surface area contributed by atoms with Crippen molar-refractivity contribution in [1.29, 1.82) is 0 Å². The molecule has 0 aliphatic heterocycles. The minimum atomic E-state index is -1.06. The Balaban J connectivity index is 2.75. The first-order valence-corrected chi connectivity index (χ1v) is 6.53. The predicted octanol–water partition coefficient (Wildman–Crippen LogP) is 2.76. The number of amides is 1. The molecule has 0 aromatic heterocycles. The lowest BCUT2D eigenvalue weighted by Crippen LogP contribution is -2.44. The van der Waals surface area contributed by atoms with E-state index in [0.717, 1.165) is 0 Å². The molecule has 0 radical (unpaired) electrons. The minimum Gasteiger partial charge on any atom is -0.480 e. The van der Waals surface area contributed by atoms with Crippen LogP contribution in [0.4, 0.5) is 0 Å². The van der Waals surface area contributed by atoms with Crippen molar-refractivity contribution in [2.75, 3.05) is 0 Å². The van der Waals surface area contributed by atoms with Gasteiger partial charge in [-0.15, -0.1) is 0 Å². The summed E-state index contributed by atoms with van der Waals surface area (Å²) in [6.07, 6.45) is -0.00407. The molecule has 1 aromatic rings. The minimum absolute atomic E-state index is 0.00407. The summed E-state index contributed by atoms with van der Waals surface area (Å²) >= 11 is 11.8. The number of halogens is 2. The number of carboxylic acid groups (broad SMARTS) is 1. The van der Waals surface area contributed by atoms with Gasteiger partial charge >= 0.3 is 5.97 Å². The lowest BCUT2D eigenvalue weighted by Gasteiger charge is -2.18. The number of benzene rings is 1. The molecule has 1 rings (SSSR count). The van der Waals surface area contributed by atoms with E-state index < -0.39 is 17.9 Å². The van der Waals surface area contributed by atoms with Crippen LogP contribution in [-0.2, 0) is 16.0 Å². The van der Waals surface area contributed by atoms with Gasteiger partial charge in [0, 0.05) is 0 Å². The largest absolute Gasteiger partial charge is 0.480 e. The zero-order chi connectivity index (χ0) is 14.6. The summed E-state index contributed by atoms with van der Waals surface area (Å²) in [5.41, 5.74) is 0.569. The Morgan fingerprint density at radius 2 is 1.95 bits per heavy atom. The molecule has 0 aliphatic carbocycles. The molecule has 4 nitrogen and oxygen atoms in total. The summed E-state index contributed by atoms with van der Waals surface area (Å²) in [6, 6.07) is 4.08. The van der Waals surface area contributed by atoms with Crippen LogP contribution in [0.3, 0.4) is 0 Å². The van der Waals surface area contributed by atoms with Crippen LogP contribution in [0.2, 0.25) is 10.0 Å². The first kappa shape index (κ1) is 15.8. The molecule has 0 saturated carbocycles. The van der Waals surface area contributed by atoms with E-state index in [9.17, 15) is 9.59 Å². The maximum Gasteiger partial charge on any atom is 0.326 e. The van der Waals surface area contributed by atoms with E-state index in [2.05, 4.69) is 5.32 Å². The molecular weight excluding hydrogens is 289 g/mol. The van der Waals surface area contributed by atoms with Crippen molar-refractivity contribution < 1.29 is 14.7 Å². The van der Waals surface area contributed by atoms with Crippen molar-refractivity contribution in [3.05, 3.63) is 33.8 Å². The normalized spacial score (nSPS) is 12.3. The molecule has 2 N–H and O–H groups in total. The highest BCUT2D eigenvalue weighted by molar-refractivity contribution is 6.42. The lowest BCUT2D eigenvalue weighted by molar-refractivity contribution is -0.143. The topological polar surface area (TPSA) is 66.4 Å². The molecule has 0 aliphatic rings. The third kappa shape index (κ3) is 4.40. The van der Waals surface area contributed by atoms with Gasteiger partial charge in [0.1, 0.15) is 6.04 Å². The number of aliphatic carboxylic acids is 1. The lowest BCUT2D eigenvalue weighted by atomic mass is 10.0. The van der Waals surface area contributed by atoms with E-state index >= 15 is 0 Å². The highest BCUT2D eigenvalue weighted by Crippen LogP contribution is 2.25. The molecule has 0 fully saturated rings. The Morgan fingerprint density at radius 1 is 1.32 bits per heavy atom. The first-order valence-electron chi connectivity index (χ1n) is 5.78. The van der Waals surface area contributed by atoms with Gasteiger partial charge in [-0.25, -0.2) is 4.79 Å². The zero-order valence-corrected chi connectivity index (χ0v) is 12.1. The van der Waals surface area contributed by atoms with E-state index in [1.54, 1.807) is 32.0 Å². The van der Waals surface area contributed by atoms with E-state index in [4.69, 9.17) is 28.3 Å². The van der Waals surface area contributed by atoms with Crippen LogP contribution in [0.25, 0.3) is 0 Å². The van der Waals surface area contributed by atoms with E-state index in [-0.39, 0.29) is 12.3 Å². The second-order valence-electron chi connectivity index (χ2n) is 4.52. The van der Waals surface area contributed by atoms with Crippen molar-refractivity contribution in [2.24, 2.45) is 5.92 Å². The molecule has 0 saturated heterocycles. The number of carboxylic acids is 1. The molecule has 0 unspecified atom stereocenters. The van der Waals surface area contributed by atoms with Crippen molar-refractivity contribution >= 4 is 35.1 Å². The van der Waals surface area contributed by atoms with Crippen LogP contribution in [0.1, 0.15) is 19.4 Å². The SMILES string of the molecule is CC(C)[C@H](NC(=O)Cc1cccc(Cl)c1Cl)C(=O)O. The maximum atomic E-state index is 11.8. The van der Waals surface area contributed by atoms with Crippen LogP contribution in [-0.4, -0.2) is 23.0 Å². The number of hydrogen-bond donors (Lipinski definition) is 2. The zero-order valence-electron chi connectivity index (χ0n) is 10.6. The van der Waals surface area contributed by atoms with E-state index in [0.29, 0.717) is 15.6 Å². The van der Waals surface area contributed by atoms with Crippen molar-refractivity contribution in [3.8, 4) is 0 Å². The van der Waals surface area contributed by atoms with Gasteiger partial charge in [0.15, 0.2) is 0 Å². The molecule has 1 amide bonds. The van der Waals surface area contributed by atoms with Gasteiger partial charge in [-0.2, -0.15) is 0 Å². The van der Waals surface area contributed by atoms with Gasteiger partial charge < -0.3 is 10.4 Å². The van der Waals surface area contributed by atoms with Crippen LogP contribution in [0, 0.1) is 5.92 Å². The first-order chi connectivity index (χ1) is 8.82. The summed E-state index contributed by atoms with van der Waals surface area (Å²) in [7, 11) is 0. The van der Waals surface area contributed by atoms with Gasteiger partial charge in [0.25, 0.3) is 0 Å². The summed E-state index contributed by atoms with van der Waals surface area (Å²) in [6.45, 7) is 3.46. The summed E-state index contributed by atoms with van der Waals surface area (Å²) in [5, 5.41) is 12.1. The van der Waals surface area contributed by atoms with Gasteiger partial charge in [-0.3, -0.25) is 4.79 Å². The fraction of sp³-hybridized carbons (Fsp3) is 0.385. The van der Waals surface area contributed by atoms with Crippen molar-refractivity contribution in [3.63, 3.8) is 0 Å². The van der Waals surface area contributed by atoms with Gasteiger partial charge in [0.05, 0.1) is 16.5 Å². The van der Waals surface area contributed by atoms with E-state index in [1.165, 1.54) is 0 Å². The molecule has 1 atom stereocenters. The molecule has 0 bridgehead atoms. The second-order valence-corrected chi connectivity index (χ2v) is 5.30. The fourth-order valence-corrected chi connectivity index (χ4v) is 1.98. The molecule has 6 heteroatoms. The molecule has 0 spiro atoms. The van der Waals surface area contributed by atoms with Crippen LogP contribution in [0.5, 0.6) is 0 Å². The number of carbonyl (C=O) groups is 2. The van der Waals surface area contributed by atoms with E-state index in [1.807, 2.05) is 0 Å². The molecule has 104 valence electrons. The third-order valence-electron chi connectivity index (χ3n) is 2.63. The van der Waals surface area contributed by atoms with Crippen LogP contribution >= 0.6 is 23.2 Å². The Bertz CT molecular complexity index is 489. The third-order valence-corrected chi connectivity index (χ3v) is 3.49. The molecule has 0 heterocycles. The van der Waals surface area contributed by atoms with Crippen molar-refractivity contribution in [2.45, 2.75) is 26.3 Å². The summed E-state index contributed by atoms with van der Waals surface area (Å²) in [5.74, 6) is -1.65. The predicted molar refractivity (Wildman–Crippen MR) is 74.6 cm³/mol.